The molecular formula is C9H16N4. The lowest BCUT2D eigenvalue weighted by atomic mass is 10.4. The Morgan fingerprint density at radius 2 is 2.08 bits per heavy atom. The van der Waals surface area contributed by atoms with Gasteiger partial charge >= 0.3 is 0 Å². The molecule has 0 aromatic carbocycles. The van der Waals surface area contributed by atoms with E-state index in [-0.39, 0.29) is 0 Å². The zero-order chi connectivity index (χ0) is 9.68. The van der Waals surface area contributed by atoms with Crippen LogP contribution < -0.4 is 5.32 Å². The highest BCUT2D eigenvalue weighted by Gasteiger charge is 2.16. The average Bonchev–Trinajstić information content (AvgIpc) is 2.54. The Bertz CT molecular complexity index is 220. The zero-order valence-corrected chi connectivity index (χ0v) is 8.25. The van der Waals surface area contributed by atoms with Gasteiger partial charge in [-0.2, -0.15) is 5.26 Å². The van der Waals surface area contributed by atoms with Gasteiger partial charge in [-0.15, -0.1) is 4.99 Å². The number of aliphatic imine (C=N–C) groups is 1. The minimum Gasteiger partial charge on any atom is -0.353 e. The molecule has 1 N–H and O–H groups in total. The molecule has 0 radical (unpaired) electrons. The van der Waals surface area contributed by atoms with Crippen LogP contribution in [0.1, 0.15) is 26.7 Å². The van der Waals surface area contributed by atoms with Crippen LogP contribution in [0.3, 0.4) is 0 Å². The molecule has 0 aromatic rings. The van der Waals surface area contributed by atoms with Crippen LogP contribution in [0.5, 0.6) is 0 Å². The third-order valence-electron chi connectivity index (χ3n) is 1.98. The normalized spacial score (nSPS) is 17.7. The van der Waals surface area contributed by atoms with E-state index < -0.39 is 0 Å². The molecular weight excluding hydrogens is 164 g/mol. The van der Waals surface area contributed by atoms with Crippen LogP contribution in [0, 0.1) is 11.5 Å². The van der Waals surface area contributed by atoms with Crippen LogP contribution >= 0.6 is 0 Å². The number of nitriles is 1. The van der Waals surface area contributed by atoms with Crippen LogP contribution in [-0.2, 0) is 0 Å². The Morgan fingerprint density at radius 1 is 1.46 bits per heavy atom. The summed E-state index contributed by atoms with van der Waals surface area (Å²) >= 11 is 0. The first-order valence-corrected chi connectivity index (χ1v) is 4.72. The summed E-state index contributed by atoms with van der Waals surface area (Å²) in [6, 6.07) is 0.327. The fraction of sp³-hybridized carbons (Fsp3) is 0.778. The van der Waals surface area contributed by atoms with E-state index in [1.807, 2.05) is 20.0 Å². The topological polar surface area (TPSA) is 51.4 Å². The Balaban J connectivity index is 2.57. The summed E-state index contributed by atoms with van der Waals surface area (Å²) in [7, 11) is 0. The third kappa shape index (κ3) is 2.94. The average molecular weight is 180 g/mol. The van der Waals surface area contributed by atoms with E-state index in [4.69, 9.17) is 5.26 Å². The van der Waals surface area contributed by atoms with Crippen molar-refractivity contribution >= 4 is 5.96 Å². The first-order chi connectivity index (χ1) is 6.24. The molecule has 1 aliphatic rings. The second-order valence-electron chi connectivity index (χ2n) is 3.53. The molecule has 0 unspecified atom stereocenters. The predicted molar refractivity (Wildman–Crippen MR) is 52.1 cm³/mol. The molecule has 1 fully saturated rings. The molecule has 0 spiro atoms. The van der Waals surface area contributed by atoms with Gasteiger partial charge in [0.2, 0.25) is 12.2 Å². The first-order valence-electron chi connectivity index (χ1n) is 4.72. The number of guanidine groups is 1. The minimum atomic E-state index is 0.327. The van der Waals surface area contributed by atoms with Crippen molar-refractivity contribution in [1.82, 2.24) is 10.2 Å². The van der Waals surface area contributed by atoms with E-state index in [9.17, 15) is 0 Å². The van der Waals surface area contributed by atoms with E-state index in [2.05, 4.69) is 15.2 Å². The molecule has 0 saturated carbocycles. The Morgan fingerprint density at radius 3 is 2.54 bits per heavy atom. The van der Waals surface area contributed by atoms with E-state index in [0.29, 0.717) is 6.04 Å². The smallest absolute Gasteiger partial charge is 0.210 e. The van der Waals surface area contributed by atoms with E-state index in [1.165, 1.54) is 12.8 Å². The molecule has 72 valence electrons. The van der Waals surface area contributed by atoms with Crippen LogP contribution in [-0.4, -0.2) is 30.0 Å². The highest BCUT2D eigenvalue weighted by Crippen LogP contribution is 2.07. The maximum Gasteiger partial charge on any atom is 0.210 e. The zero-order valence-electron chi connectivity index (χ0n) is 8.25. The molecule has 1 rings (SSSR count). The van der Waals surface area contributed by atoms with E-state index in [1.54, 1.807) is 0 Å². The van der Waals surface area contributed by atoms with Gasteiger partial charge < -0.3 is 10.2 Å². The number of likely N-dealkylation sites (tertiary alicyclic amines) is 1. The minimum absolute atomic E-state index is 0.327. The first kappa shape index (κ1) is 9.85. The quantitative estimate of drug-likeness (QED) is 0.371. The molecule has 1 aliphatic heterocycles. The second kappa shape index (κ2) is 4.70. The molecule has 0 aromatic heterocycles. The van der Waals surface area contributed by atoms with Crippen LogP contribution in [0.4, 0.5) is 0 Å². The maximum atomic E-state index is 8.51. The monoisotopic (exact) mass is 180 g/mol. The summed E-state index contributed by atoms with van der Waals surface area (Å²) in [6.45, 7) is 6.12. The standard InChI is InChI=1S/C9H16N4/c1-8(2)12-9(11-7-10)13-5-3-4-6-13/h8H,3-6H2,1-2H3,(H,11,12). The lowest BCUT2D eigenvalue weighted by Crippen LogP contribution is -2.42. The molecule has 1 heterocycles. The Labute approximate surface area is 79.3 Å². The summed E-state index contributed by atoms with van der Waals surface area (Å²) in [5.74, 6) is 0.731. The summed E-state index contributed by atoms with van der Waals surface area (Å²) in [5, 5.41) is 11.7. The van der Waals surface area contributed by atoms with Crippen LogP contribution in [0.15, 0.2) is 4.99 Å². The summed E-state index contributed by atoms with van der Waals surface area (Å²) in [6.07, 6.45) is 4.23. The number of rotatable bonds is 1. The molecule has 1 saturated heterocycles. The molecule has 13 heavy (non-hydrogen) atoms. The molecule has 0 bridgehead atoms. The van der Waals surface area contributed by atoms with Crippen LogP contribution in [0.2, 0.25) is 0 Å². The number of nitrogens with zero attached hydrogens (tertiary/aromatic N) is 3. The summed E-state index contributed by atoms with van der Waals surface area (Å²) in [5.41, 5.74) is 0. The molecule has 4 nitrogen and oxygen atoms in total. The van der Waals surface area contributed by atoms with Crippen molar-refractivity contribution in [3.05, 3.63) is 0 Å². The van der Waals surface area contributed by atoms with Crippen molar-refractivity contribution in [2.24, 2.45) is 4.99 Å². The number of hydrogen-bond donors (Lipinski definition) is 1. The molecule has 4 heteroatoms. The van der Waals surface area contributed by atoms with Gasteiger partial charge in [-0.25, -0.2) is 0 Å². The van der Waals surface area contributed by atoms with Gasteiger partial charge in [0, 0.05) is 19.1 Å². The lowest BCUT2D eigenvalue weighted by Gasteiger charge is -2.21. The van der Waals surface area contributed by atoms with E-state index in [0.717, 1.165) is 19.0 Å². The van der Waals surface area contributed by atoms with Crippen LogP contribution in [0.25, 0.3) is 0 Å². The van der Waals surface area contributed by atoms with Crippen molar-refractivity contribution in [1.29, 1.82) is 5.26 Å². The molecule has 0 amide bonds. The maximum absolute atomic E-state index is 8.51. The van der Waals surface area contributed by atoms with Gasteiger partial charge in [-0.05, 0) is 26.7 Å². The summed E-state index contributed by atoms with van der Waals surface area (Å²) < 4.78 is 0. The molecule has 0 aliphatic carbocycles. The van der Waals surface area contributed by atoms with Gasteiger partial charge in [0.1, 0.15) is 0 Å². The predicted octanol–water partition coefficient (Wildman–Crippen LogP) is 0.917. The SMILES string of the molecule is CC(C)N/C(=N/C#N)N1CCCC1. The fourth-order valence-corrected chi connectivity index (χ4v) is 1.43. The number of hydrogen-bond acceptors (Lipinski definition) is 2. The van der Waals surface area contributed by atoms with Gasteiger partial charge in [0.15, 0.2) is 0 Å². The third-order valence-corrected chi connectivity index (χ3v) is 1.98. The Hall–Kier alpha value is -1.24. The summed E-state index contributed by atoms with van der Waals surface area (Å²) in [4.78, 5) is 5.91. The van der Waals surface area contributed by atoms with Gasteiger partial charge in [-0.1, -0.05) is 0 Å². The van der Waals surface area contributed by atoms with E-state index >= 15 is 0 Å². The highest BCUT2D eigenvalue weighted by atomic mass is 15.3. The van der Waals surface area contributed by atoms with Crippen molar-refractivity contribution in [2.45, 2.75) is 32.7 Å². The second-order valence-corrected chi connectivity index (χ2v) is 3.53. The number of nitrogens with one attached hydrogen (secondary N) is 1. The molecule has 0 atom stereocenters. The van der Waals surface area contributed by atoms with Gasteiger partial charge in [0.25, 0.3) is 0 Å². The Kier molecular flexibility index (Phi) is 3.56. The van der Waals surface area contributed by atoms with Gasteiger partial charge in [0.05, 0.1) is 0 Å². The largest absolute Gasteiger partial charge is 0.353 e. The lowest BCUT2D eigenvalue weighted by molar-refractivity contribution is 0.485. The van der Waals surface area contributed by atoms with Crippen molar-refractivity contribution < 1.29 is 0 Å². The van der Waals surface area contributed by atoms with Gasteiger partial charge in [-0.3, -0.25) is 0 Å². The van der Waals surface area contributed by atoms with Crippen molar-refractivity contribution in [3.63, 3.8) is 0 Å². The highest BCUT2D eigenvalue weighted by molar-refractivity contribution is 5.81. The fourth-order valence-electron chi connectivity index (χ4n) is 1.43. The van der Waals surface area contributed by atoms with Crippen molar-refractivity contribution in [3.8, 4) is 6.19 Å². The van der Waals surface area contributed by atoms with Crippen molar-refractivity contribution in [2.75, 3.05) is 13.1 Å².